The molecule has 4 heteroatoms. The Morgan fingerprint density at radius 1 is 0.833 bits per heavy atom. The monoisotopic (exact) mass is 317 g/mol. The van der Waals surface area contributed by atoms with Crippen molar-refractivity contribution in [1.29, 1.82) is 0 Å². The molecule has 0 spiro atoms. The number of fused-ring (bicyclic) bond motifs is 1. The largest absolute Gasteiger partial charge is 0.291 e. The van der Waals surface area contributed by atoms with E-state index in [0.29, 0.717) is 16.6 Å². The Bertz CT molecular complexity index is 1070. The summed E-state index contributed by atoms with van der Waals surface area (Å²) in [6.45, 7) is 0. The Morgan fingerprint density at radius 2 is 1.50 bits per heavy atom. The summed E-state index contributed by atoms with van der Waals surface area (Å²) in [5.74, 6) is -0.426. The molecular formula is C20H14FN2O+. The van der Waals surface area contributed by atoms with E-state index in [9.17, 15) is 9.18 Å². The van der Waals surface area contributed by atoms with Crippen LogP contribution in [0.25, 0.3) is 27.8 Å². The topological polar surface area (TPSA) is 36.7 Å². The van der Waals surface area contributed by atoms with Crippen LogP contribution >= 0.6 is 0 Å². The van der Waals surface area contributed by atoms with E-state index in [2.05, 4.69) is 5.10 Å². The summed E-state index contributed by atoms with van der Waals surface area (Å²) < 4.78 is 15.4. The minimum atomic E-state index is -0.426. The van der Waals surface area contributed by atoms with Crippen molar-refractivity contribution in [3.8, 4) is 16.9 Å². The van der Waals surface area contributed by atoms with Crippen LogP contribution in [0.1, 0.15) is 0 Å². The fourth-order valence-corrected chi connectivity index (χ4v) is 2.83. The third-order valence-electron chi connectivity index (χ3n) is 3.96. The molecule has 1 heterocycles. The van der Waals surface area contributed by atoms with Gasteiger partial charge in [-0.1, -0.05) is 41.1 Å². The fraction of sp³-hybridized carbons (Fsp3) is 0. The highest BCUT2D eigenvalue weighted by atomic mass is 19.1. The first-order valence-corrected chi connectivity index (χ1v) is 7.62. The van der Waals surface area contributed by atoms with Crippen LogP contribution in [0.2, 0.25) is 0 Å². The highest BCUT2D eigenvalue weighted by Gasteiger charge is 2.23. The van der Waals surface area contributed by atoms with Gasteiger partial charge in [-0.15, -0.1) is 0 Å². The lowest BCUT2D eigenvalue weighted by molar-refractivity contribution is -0.646. The van der Waals surface area contributed by atoms with Crippen molar-refractivity contribution in [3.05, 3.63) is 94.9 Å². The number of aromatic amines is 1. The summed E-state index contributed by atoms with van der Waals surface area (Å²) in [6.07, 6.45) is 0. The number of nitrogens with one attached hydrogen (secondary N) is 1. The quantitative estimate of drug-likeness (QED) is 0.563. The molecule has 116 valence electrons. The van der Waals surface area contributed by atoms with Crippen LogP contribution in [0.3, 0.4) is 0 Å². The molecule has 0 aliphatic rings. The first kappa shape index (κ1) is 14.3. The van der Waals surface area contributed by atoms with Crippen LogP contribution in [0.5, 0.6) is 0 Å². The second-order valence-corrected chi connectivity index (χ2v) is 5.52. The smallest absolute Gasteiger partial charge is 0.282 e. The van der Waals surface area contributed by atoms with Gasteiger partial charge in [0.05, 0.1) is 10.9 Å². The summed E-state index contributed by atoms with van der Waals surface area (Å²) in [6, 6.07) is 23.1. The van der Waals surface area contributed by atoms with E-state index < -0.39 is 5.82 Å². The van der Waals surface area contributed by atoms with E-state index in [1.165, 1.54) is 12.1 Å². The Morgan fingerprint density at radius 3 is 2.21 bits per heavy atom. The Labute approximate surface area is 137 Å². The average molecular weight is 317 g/mol. The third-order valence-corrected chi connectivity index (χ3v) is 3.96. The molecule has 4 aromatic rings. The van der Waals surface area contributed by atoms with Crippen LogP contribution in [0.4, 0.5) is 4.39 Å². The minimum Gasteiger partial charge on any atom is -0.282 e. The first-order valence-electron chi connectivity index (χ1n) is 7.62. The first-order chi connectivity index (χ1) is 11.7. The van der Waals surface area contributed by atoms with Gasteiger partial charge in [-0.3, -0.25) is 4.79 Å². The molecule has 0 saturated heterocycles. The Kier molecular flexibility index (Phi) is 3.43. The number of rotatable bonds is 2. The standard InChI is InChI=1S/C20H13FN2O/c21-15-11-12-18-17(13-15)20(24)19(14-7-3-1-4-8-14)23(22-18)16-9-5-2-6-10-16/h1-13H/p+1. The van der Waals surface area contributed by atoms with Gasteiger partial charge >= 0.3 is 0 Å². The van der Waals surface area contributed by atoms with Crippen LogP contribution in [-0.2, 0) is 0 Å². The maximum Gasteiger partial charge on any atom is 0.291 e. The molecule has 3 nitrogen and oxygen atoms in total. The SMILES string of the molecule is O=c1c(-c2ccccc2)[n+](-c2ccccc2)[nH]c2ccc(F)cc12. The summed E-state index contributed by atoms with van der Waals surface area (Å²) in [5.41, 5.74) is 2.46. The van der Waals surface area contributed by atoms with Gasteiger partial charge in [-0.25, -0.2) is 4.39 Å². The normalized spacial score (nSPS) is 10.9. The molecule has 0 aliphatic heterocycles. The number of hydrogen-bond donors (Lipinski definition) is 1. The average Bonchev–Trinajstić information content (AvgIpc) is 2.63. The minimum absolute atomic E-state index is 0.210. The summed E-state index contributed by atoms with van der Waals surface area (Å²) in [7, 11) is 0. The molecule has 0 amide bonds. The molecule has 0 atom stereocenters. The number of H-pyrrole nitrogens is 1. The van der Waals surface area contributed by atoms with E-state index in [1.54, 1.807) is 10.7 Å². The molecule has 0 bridgehead atoms. The summed E-state index contributed by atoms with van der Waals surface area (Å²) in [5, 5.41) is 3.56. The van der Waals surface area contributed by atoms with Gasteiger partial charge in [0.1, 0.15) is 11.3 Å². The highest BCUT2D eigenvalue weighted by Crippen LogP contribution is 2.16. The predicted octanol–water partition coefficient (Wildman–Crippen LogP) is 3.61. The maximum absolute atomic E-state index is 13.6. The molecule has 0 unspecified atom stereocenters. The lowest BCUT2D eigenvalue weighted by atomic mass is 10.1. The zero-order valence-corrected chi connectivity index (χ0v) is 12.7. The number of halogens is 1. The number of aromatic nitrogens is 2. The lowest BCUT2D eigenvalue weighted by Gasteiger charge is -2.05. The van der Waals surface area contributed by atoms with Crippen molar-refractivity contribution in [2.75, 3.05) is 0 Å². The van der Waals surface area contributed by atoms with Crippen LogP contribution in [0, 0.1) is 5.82 Å². The zero-order chi connectivity index (χ0) is 16.5. The summed E-state index contributed by atoms with van der Waals surface area (Å²) >= 11 is 0. The van der Waals surface area contributed by atoms with Gasteiger partial charge in [-0.2, -0.15) is 5.10 Å². The highest BCUT2D eigenvalue weighted by molar-refractivity contribution is 5.80. The van der Waals surface area contributed by atoms with Crippen molar-refractivity contribution >= 4 is 10.9 Å². The van der Waals surface area contributed by atoms with Gasteiger partial charge in [0.15, 0.2) is 0 Å². The second kappa shape index (κ2) is 5.74. The lowest BCUT2D eigenvalue weighted by Crippen LogP contribution is -2.42. The van der Waals surface area contributed by atoms with Crippen LogP contribution in [-0.4, -0.2) is 5.10 Å². The summed E-state index contributed by atoms with van der Waals surface area (Å²) in [4.78, 5) is 13.1. The van der Waals surface area contributed by atoms with Gasteiger partial charge in [0.2, 0.25) is 5.69 Å². The van der Waals surface area contributed by atoms with E-state index >= 15 is 0 Å². The Balaban J connectivity index is 2.14. The second-order valence-electron chi connectivity index (χ2n) is 5.52. The predicted molar refractivity (Wildman–Crippen MR) is 91.5 cm³/mol. The maximum atomic E-state index is 13.6. The van der Waals surface area contributed by atoms with Crippen LogP contribution in [0.15, 0.2) is 83.7 Å². The molecule has 4 rings (SSSR count). The van der Waals surface area contributed by atoms with E-state index in [0.717, 1.165) is 11.3 Å². The molecule has 1 N–H and O–H groups in total. The van der Waals surface area contributed by atoms with E-state index in [1.807, 2.05) is 60.7 Å². The van der Waals surface area contributed by atoms with Crippen molar-refractivity contribution in [3.63, 3.8) is 0 Å². The van der Waals surface area contributed by atoms with Gasteiger partial charge in [0, 0.05) is 12.1 Å². The number of para-hydroxylation sites is 1. The van der Waals surface area contributed by atoms with E-state index in [4.69, 9.17) is 0 Å². The number of benzene rings is 3. The van der Waals surface area contributed by atoms with Crippen molar-refractivity contribution in [1.82, 2.24) is 5.10 Å². The molecule has 0 saturated carbocycles. The van der Waals surface area contributed by atoms with Gasteiger partial charge in [-0.05, 0) is 30.3 Å². The number of nitrogens with zero attached hydrogens (tertiary/aromatic N) is 1. The molecule has 0 fully saturated rings. The van der Waals surface area contributed by atoms with Gasteiger partial charge < -0.3 is 0 Å². The fourth-order valence-electron chi connectivity index (χ4n) is 2.83. The molecular weight excluding hydrogens is 303 g/mol. The van der Waals surface area contributed by atoms with Crippen molar-refractivity contribution in [2.24, 2.45) is 0 Å². The molecule has 3 aromatic carbocycles. The zero-order valence-electron chi connectivity index (χ0n) is 12.7. The number of hydrogen-bond acceptors (Lipinski definition) is 1. The molecule has 0 aliphatic carbocycles. The van der Waals surface area contributed by atoms with Crippen molar-refractivity contribution < 1.29 is 9.07 Å². The van der Waals surface area contributed by atoms with Crippen molar-refractivity contribution in [2.45, 2.75) is 0 Å². The molecule has 1 aromatic heterocycles. The van der Waals surface area contributed by atoms with E-state index in [-0.39, 0.29) is 5.43 Å². The molecule has 24 heavy (non-hydrogen) atoms. The Hall–Kier alpha value is -3.27. The molecule has 0 radical (unpaired) electrons. The third kappa shape index (κ3) is 2.38. The van der Waals surface area contributed by atoms with Crippen LogP contribution < -0.4 is 10.1 Å². The van der Waals surface area contributed by atoms with Gasteiger partial charge in [0.25, 0.3) is 11.1 Å².